The van der Waals surface area contributed by atoms with Gasteiger partial charge in [-0.1, -0.05) is 36.8 Å². The number of nitrogens with zero attached hydrogens (tertiary/aromatic N) is 1. The van der Waals surface area contributed by atoms with Crippen LogP contribution in [-0.2, 0) is 0 Å². The molecule has 0 unspecified atom stereocenters. The molecule has 0 amide bonds. The van der Waals surface area contributed by atoms with Crippen LogP contribution in [0.3, 0.4) is 0 Å². The first-order chi connectivity index (χ1) is 9.31. The van der Waals surface area contributed by atoms with Crippen molar-refractivity contribution in [1.29, 1.82) is 0 Å². The number of benzene rings is 1. The number of aryl methyl sites for hydroxylation is 1. The van der Waals surface area contributed by atoms with Gasteiger partial charge in [-0.05, 0) is 19.9 Å². The van der Waals surface area contributed by atoms with E-state index in [0.717, 1.165) is 5.56 Å². The van der Waals surface area contributed by atoms with E-state index in [1.54, 1.807) is 12.1 Å². The summed E-state index contributed by atoms with van der Waals surface area (Å²) in [7, 11) is 0. The Morgan fingerprint density at radius 3 is 2.25 bits per heavy atom. The predicted octanol–water partition coefficient (Wildman–Crippen LogP) is 3.84. The first-order valence-electron chi connectivity index (χ1n) is 6.71. The average molecular weight is 287 g/mol. The van der Waals surface area contributed by atoms with Crippen LogP contribution in [0.4, 0.5) is 13.2 Å². The lowest BCUT2D eigenvalue weighted by molar-refractivity contribution is -0.145. The van der Waals surface area contributed by atoms with Crippen molar-refractivity contribution in [3.05, 3.63) is 35.4 Å². The molecule has 20 heavy (non-hydrogen) atoms. The van der Waals surface area contributed by atoms with Gasteiger partial charge in [0.1, 0.15) is 0 Å². The van der Waals surface area contributed by atoms with E-state index in [4.69, 9.17) is 0 Å². The number of halogens is 3. The molecule has 0 saturated heterocycles. The van der Waals surface area contributed by atoms with Gasteiger partial charge in [0.05, 0.1) is 6.54 Å². The Morgan fingerprint density at radius 2 is 1.75 bits per heavy atom. The molecule has 112 valence electrons. The Bertz CT molecular complexity index is 426. The minimum absolute atomic E-state index is 0.110. The Morgan fingerprint density at radius 1 is 1.15 bits per heavy atom. The number of carbonyl (C=O) groups excluding carboxylic acids is 1. The molecule has 0 aliphatic rings. The molecule has 0 bridgehead atoms. The molecule has 0 fully saturated rings. The number of carbonyl (C=O) groups is 1. The van der Waals surface area contributed by atoms with Crippen LogP contribution >= 0.6 is 0 Å². The summed E-state index contributed by atoms with van der Waals surface area (Å²) in [4.78, 5) is 13.2. The fourth-order valence-corrected chi connectivity index (χ4v) is 1.98. The highest BCUT2D eigenvalue weighted by Gasteiger charge is 2.30. The molecule has 1 aromatic rings. The fourth-order valence-electron chi connectivity index (χ4n) is 1.98. The second-order valence-electron chi connectivity index (χ2n) is 4.93. The Balaban J connectivity index is 2.54. The van der Waals surface area contributed by atoms with Crippen LogP contribution in [0, 0.1) is 6.92 Å². The van der Waals surface area contributed by atoms with Gasteiger partial charge in [0.25, 0.3) is 0 Å². The van der Waals surface area contributed by atoms with Crippen LogP contribution in [0.25, 0.3) is 0 Å². The van der Waals surface area contributed by atoms with Crippen molar-refractivity contribution < 1.29 is 18.0 Å². The molecule has 0 saturated carbocycles. The van der Waals surface area contributed by atoms with E-state index in [1.165, 1.54) is 4.90 Å². The van der Waals surface area contributed by atoms with Gasteiger partial charge >= 0.3 is 6.18 Å². The van der Waals surface area contributed by atoms with Crippen LogP contribution in [0.1, 0.15) is 35.7 Å². The van der Waals surface area contributed by atoms with E-state index in [-0.39, 0.29) is 18.7 Å². The van der Waals surface area contributed by atoms with Crippen LogP contribution < -0.4 is 0 Å². The van der Waals surface area contributed by atoms with Gasteiger partial charge in [-0.3, -0.25) is 9.69 Å². The molecule has 0 atom stereocenters. The molecule has 0 spiro atoms. The van der Waals surface area contributed by atoms with Gasteiger partial charge < -0.3 is 0 Å². The first-order valence-corrected chi connectivity index (χ1v) is 6.71. The van der Waals surface area contributed by atoms with Crippen LogP contribution in [0.5, 0.6) is 0 Å². The van der Waals surface area contributed by atoms with Crippen molar-refractivity contribution in [2.45, 2.75) is 32.9 Å². The van der Waals surface area contributed by atoms with E-state index < -0.39 is 12.7 Å². The van der Waals surface area contributed by atoms with Crippen molar-refractivity contribution in [3.63, 3.8) is 0 Å². The highest BCUT2D eigenvalue weighted by atomic mass is 19.4. The minimum atomic E-state index is -4.22. The topological polar surface area (TPSA) is 20.3 Å². The number of alkyl halides is 3. The molecule has 5 heteroatoms. The van der Waals surface area contributed by atoms with Crippen molar-refractivity contribution in [3.8, 4) is 0 Å². The van der Waals surface area contributed by atoms with E-state index >= 15 is 0 Å². The smallest absolute Gasteiger partial charge is 0.295 e. The van der Waals surface area contributed by atoms with Gasteiger partial charge in [-0.15, -0.1) is 0 Å². The number of rotatable bonds is 7. The third-order valence-corrected chi connectivity index (χ3v) is 2.97. The zero-order valence-corrected chi connectivity index (χ0v) is 11.8. The fraction of sp³-hybridized carbons (Fsp3) is 0.533. The van der Waals surface area contributed by atoms with Gasteiger partial charge in [-0.2, -0.15) is 13.2 Å². The highest BCUT2D eigenvalue weighted by Crippen LogP contribution is 2.17. The third-order valence-electron chi connectivity index (χ3n) is 2.97. The van der Waals surface area contributed by atoms with Crippen molar-refractivity contribution in [2.24, 2.45) is 0 Å². The number of hydrogen-bond acceptors (Lipinski definition) is 2. The normalized spacial score (nSPS) is 11.9. The SMILES string of the molecule is CCCN(CCC(=O)c1ccc(C)cc1)CC(F)(F)F. The maximum Gasteiger partial charge on any atom is 0.401 e. The van der Waals surface area contributed by atoms with Gasteiger partial charge in [0.15, 0.2) is 5.78 Å². The summed E-state index contributed by atoms with van der Waals surface area (Å²) in [5.74, 6) is -0.117. The molecular formula is C15H20F3NO. The standard InChI is InChI=1S/C15H20F3NO/c1-3-9-19(11-15(16,17)18)10-8-14(20)13-6-4-12(2)5-7-13/h4-7H,3,8-11H2,1-2H3. The van der Waals surface area contributed by atoms with Gasteiger partial charge in [0.2, 0.25) is 0 Å². The Hall–Kier alpha value is -1.36. The molecule has 1 rings (SSSR count). The summed E-state index contributed by atoms with van der Waals surface area (Å²) in [6, 6.07) is 7.08. The Kier molecular flexibility index (Phi) is 6.20. The molecule has 0 N–H and O–H groups in total. The van der Waals surface area contributed by atoms with Crippen LogP contribution in [0.15, 0.2) is 24.3 Å². The lowest BCUT2D eigenvalue weighted by atomic mass is 10.1. The maximum absolute atomic E-state index is 12.4. The predicted molar refractivity (Wildman–Crippen MR) is 72.9 cm³/mol. The number of ketones is 1. The quantitative estimate of drug-likeness (QED) is 0.710. The molecule has 2 nitrogen and oxygen atoms in total. The number of Topliss-reactive ketones (excluding diaryl/α,β-unsaturated/α-hetero) is 1. The highest BCUT2D eigenvalue weighted by molar-refractivity contribution is 5.96. The lowest BCUT2D eigenvalue weighted by Crippen LogP contribution is -2.36. The largest absolute Gasteiger partial charge is 0.401 e. The van der Waals surface area contributed by atoms with Crippen LogP contribution in [0.2, 0.25) is 0 Å². The first kappa shape index (κ1) is 16.7. The van der Waals surface area contributed by atoms with E-state index in [9.17, 15) is 18.0 Å². The second-order valence-corrected chi connectivity index (χ2v) is 4.93. The van der Waals surface area contributed by atoms with Crippen LogP contribution in [-0.4, -0.2) is 36.5 Å². The third kappa shape index (κ3) is 6.19. The zero-order valence-electron chi connectivity index (χ0n) is 11.8. The molecule has 0 radical (unpaired) electrons. The van der Waals surface area contributed by atoms with Gasteiger partial charge in [-0.25, -0.2) is 0 Å². The van der Waals surface area contributed by atoms with E-state index in [0.29, 0.717) is 18.5 Å². The Labute approximate surface area is 117 Å². The summed E-state index contributed by atoms with van der Waals surface area (Å²) in [6.07, 6.45) is -3.48. The average Bonchev–Trinajstić information content (AvgIpc) is 2.35. The van der Waals surface area contributed by atoms with Gasteiger partial charge in [0, 0.05) is 18.5 Å². The maximum atomic E-state index is 12.4. The number of hydrogen-bond donors (Lipinski definition) is 0. The molecular weight excluding hydrogens is 267 g/mol. The molecule has 1 aromatic carbocycles. The summed E-state index contributed by atoms with van der Waals surface area (Å²) in [6.45, 7) is 3.27. The molecule has 0 heterocycles. The van der Waals surface area contributed by atoms with Crippen molar-refractivity contribution in [2.75, 3.05) is 19.6 Å². The van der Waals surface area contributed by atoms with E-state index in [2.05, 4.69) is 0 Å². The second kappa shape index (κ2) is 7.43. The van der Waals surface area contributed by atoms with E-state index in [1.807, 2.05) is 26.0 Å². The summed E-state index contributed by atoms with van der Waals surface area (Å²) >= 11 is 0. The zero-order chi connectivity index (χ0) is 15.2. The lowest BCUT2D eigenvalue weighted by Gasteiger charge is -2.22. The summed E-state index contributed by atoms with van der Waals surface area (Å²) < 4.78 is 37.2. The van der Waals surface area contributed by atoms with Crippen molar-refractivity contribution in [1.82, 2.24) is 4.90 Å². The monoisotopic (exact) mass is 287 g/mol. The molecule has 0 aliphatic carbocycles. The minimum Gasteiger partial charge on any atom is -0.295 e. The molecule has 0 aromatic heterocycles. The molecule has 0 aliphatic heterocycles. The summed E-state index contributed by atoms with van der Waals surface area (Å²) in [5.41, 5.74) is 1.60. The summed E-state index contributed by atoms with van der Waals surface area (Å²) in [5, 5.41) is 0. The van der Waals surface area contributed by atoms with Crippen molar-refractivity contribution >= 4 is 5.78 Å².